The first kappa shape index (κ1) is 10.9. The van der Waals surface area contributed by atoms with Crippen molar-refractivity contribution in [1.29, 1.82) is 0 Å². The molecule has 0 bridgehead atoms. The number of anilines is 1. The van der Waals surface area contributed by atoms with Crippen molar-refractivity contribution in [3.63, 3.8) is 0 Å². The molecule has 90 valence electrons. The van der Waals surface area contributed by atoms with Crippen molar-refractivity contribution >= 4 is 16.6 Å². The highest BCUT2D eigenvalue weighted by molar-refractivity contribution is 5.88. The van der Waals surface area contributed by atoms with Gasteiger partial charge in [0.2, 0.25) is 0 Å². The lowest BCUT2D eigenvalue weighted by Crippen LogP contribution is -1.84. The third-order valence-corrected chi connectivity index (χ3v) is 3.55. The predicted molar refractivity (Wildman–Crippen MR) is 77.6 cm³/mol. The van der Waals surface area contributed by atoms with Crippen LogP contribution in [0.4, 0.5) is 5.69 Å². The van der Waals surface area contributed by atoms with Crippen LogP contribution in [0.5, 0.6) is 0 Å². The second-order valence-electron chi connectivity index (χ2n) is 4.76. The lowest BCUT2D eigenvalue weighted by atomic mass is 10.0. The quantitative estimate of drug-likeness (QED) is 0.615. The molecule has 0 saturated carbocycles. The number of H-pyrrole nitrogens is 1. The SMILES string of the molecule is Cc1[nH]c2ccc(-c3ccc(N)cc3)cc2c1C. The van der Waals surface area contributed by atoms with Crippen molar-refractivity contribution < 1.29 is 0 Å². The smallest absolute Gasteiger partial charge is 0.0459 e. The third-order valence-electron chi connectivity index (χ3n) is 3.55. The zero-order valence-corrected chi connectivity index (χ0v) is 10.6. The second-order valence-corrected chi connectivity index (χ2v) is 4.76. The molecule has 0 saturated heterocycles. The lowest BCUT2D eigenvalue weighted by molar-refractivity contribution is 1.25. The van der Waals surface area contributed by atoms with Crippen LogP contribution in [0.15, 0.2) is 42.5 Å². The number of nitrogen functional groups attached to an aromatic ring is 1. The highest BCUT2D eigenvalue weighted by Gasteiger charge is 2.05. The Morgan fingerprint density at radius 1 is 0.889 bits per heavy atom. The van der Waals surface area contributed by atoms with Gasteiger partial charge in [-0.2, -0.15) is 0 Å². The zero-order valence-electron chi connectivity index (χ0n) is 10.6. The van der Waals surface area contributed by atoms with Gasteiger partial charge >= 0.3 is 0 Å². The Hall–Kier alpha value is -2.22. The van der Waals surface area contributed by atoms with Crippen molar-refractivity contribution in [3.8, 4) is 11.1 Å². The van der Waals surface area contributed by atoms with Gasteiger partial charge in [-0.15, -0.1) is 0 Å². The molecular weight excluding hydrogens is 220 g/mol. The summed E-state index contributed by atoms with van der Waals surface area (Å²) >= 11 is 0. The number of rotatable bonds is 1. The van der Waals surface area contributed by atoms with Crippen LogP contribution in [0, 0.1) is 13.8 Å². The topological polar surface area (TPSA) is 41.8 Å². The average molecular weight is 236 g/mol. The van der Waals surface area contributed by atoms with E-state index >= 15 is 0 Å². The molecule has 0 aliphatic carbocycles. The number of hydrogen-bond donors (Lipinski definition) is 2. The average Bonchev–Trinajstić information content (AvgIpc) is 2.66. The summed E-state index contributed by atoms with van der Waals surface area (Å²) in [6.45, 7) is 4.26. The van der Waals surface area contributed by atoms with E-state index in [-0.39, 0.29) is 0 Å². The first-order chi connectivity index (χ1) is 8.65. The molecule has 18 heavy (non-hydrogen) atoms. The van der Waals surface area contributed by atoms with Gasteiger partial charge in [-0.05, 0) is 54.8 Å². The molecule has 0 unspecified atom stereocenters. The third kappa shape index (κ3) is 1.66. The van der Waals surface area contributed by atoms with Crippen LogP contribution in [0.25, 0.3) is 22.0 Å². The van der Waals surface area contributed by atoms with E-state index in [1.807, 2.05) is 12.1 Å². The van der Waals surface area contributed by atoms with E-state index in [0.29, 0.717) is 0 Å². The van der Waals surface area contributed by atoms with Crippen molar-refractivity contribution in [2.75, 3.05) is 5.73 Å². The van der Waals surface area contributed by atoms with E-state index in [2.05, 4.69) is 49.2 Å². The van der Waals surface area contributed by atoms with Crippen molar-refractivity contribution in [3.05, 3.63) is 53.7 Å². The van der Waals surface area contributed by atoms with Crippen LogP contribution < -0.4 is 5.73 Å². The normalized spacial score (nSPS) is 11.0. The van der Waals surface area contributed by atoms with E-state index in [1.54, 1.807) is 0 Å². The summed E-state index contributed by atoms with van der Waals surface area (Å²) in [6, 6.07) is 14.5. The second kappa shape index (κ2) is 3.91. The maximum Gasteiger partial charge on any atom is 0.0459 e. The maximum atomic E-state index is 5.72. The Morgan fingerprint density at radius 3 is 2.28 bits per heavy atom. The largest absolute Gasteiger partial charge is 0.399 e. The summed E-state index contributed by atoms with van der Waals surface area (Å²) in [5.74, 6) is 0. The monoisotopic (exact) mass is 236 g/mol. The van der Waals surface area contributed by atoms with Crippen LogP contribution in [-0.2, 0) is 0 Å². The summed E-state index contributed by atoms with van der Waals surface area (Å²) in [7, 11) is 0. The molecule has 3 rings (SSSR count). The van der Waals surface area contributed by atoms with E-state index in [1.165, 1.54) is 33.3 Å². The molecule has 0 amide bonds. The molecule has 0 radical (unpaired) electrons. The number of fused-ring (bicyclic) bond motifs is 1. The standard InChI is InChI=1S/C16H16N2/c1-10-11(2)18-16-8-5-13(9-15(10)16)12-3-6-14(17)7-4-12/h3-9,18H,17H2,1-2H3. The van der Waals surface area contributed by atoms with E-state index in [4.69, 9.17) is 5.73 Å². The maximum absolute atomic E-state index is 5.72. The summed E-state index contributed by atoms with van der Waals surface area (Å²) in [5, 5.41) is 1.29. The molecule has 2 nitrogen and oxygen atoms in total. The fourth-order valence-corrected chi connectivity index (χ4v) is 2.32. The first-order valence-corrected chi connectivity index (χ1v) is 6.10. The summed E-state index contributed by atoms with van der Waals surface area (Å²) in [4.78, 5) is 3.39. The fraction of sp³-hybridized carbons (Fsp3) is 0.125. The van der Waals surface area contributed by atoms with Gasteiger partial charge in [0.25, 0.3) is 0 Å². The van der Waals surface area contributed by atoms with Gasteiger partial charge in [-0.1, -0.05) is 18.2 Å². The van der Waals surface area contributed by atoms with Crippen molar-refractivity contribution in [2.24, 2.45) is 0 Å². The van der Waals surface area contributed by atoms with Crippen molar-refractivity contribution in [2.45, 2.75) is 13.8 Å². The number of aryl methyl sites for hydroxylation is 2. The van der Waals surface area contributed by atoms with E-state index in [0.717, 1.165) is 5.69 Å². The number of aromatic amines is 1. The molecular formula is C16H16N2. The first-order valence-electron chi connectivity index (χ1n) is 6.10. The zero-order chi connectivity index (χ0) is 12.7. The van der Waals surface area contributed by atoms with Gasteiger partial charge in [0.15, 0.2) is 0 Å². The molecule has 3 aromatic rings. The van der Waals surface area contributed by atoms with Crippen LogP contribution in [-0.4, -0.2) is 4.98 Å². The highest BCUT2D eigenvalue weighted by Crippen LogP contribution is 2.28. The summed E-state index contributed by atoms with van der Waals surface area (Å²) < 4.78 is 0. The van der Waals surface area contributed by atoms with Gasteiger partial charge in [0.05, 0.1) is 0 Å². The van der Waals surface area contributed by atoms with Gasteiger partial charge < -0.3 is 10.7 Å². The van der Waals surface area contributed by atoms with Crippen LogP contribution in [0.3, 0.4) is 0 Å². The molecule has 2 heteroatoms. The Morgan fingerprint density at radius 2 is 1.56 bits per heavy atom. The number of hydrogen-bond acceptors (Lipinski definition) is 1. The highest BCUT2D eigenvalue weighted by atomic mass is 14.7. The van der Waals surface area contributed by atoms with Crippen molar-refractivity contribution in [1.82, 2.24) is 4.98 Å². The molecule has 0 aliphatic rings. The lowest BCUT2D eigenvalue weighted by Gasteiger charge is -2.03. The summed E-state index contributed by atoms with van der Waals surface area (Å²) in [6.07, 6.45) is 0. The van der Waals surface area contributed by atoms with E-state index < -0.39 is 0 Å². The number of nitrogens with one attached hydrogen (secondary N) is 1. The van der Waals surface area contributed by atoms with Crippen LogP contribution >= 0.6 is 0 Å². The minimum Gasteiger partial charge on any atom is -0.399 e. The van der Waals surface area contributed by atoms with Gasteiger partial charge in [-0.3, -0.25) is 0 Å². The molecule has 0 aliphatic heterocycles. The molecule has 1 aromatic heterocycles. The molecule has 1 heterocycles. The molecule has 2 aromatic carbocycles. The minimum absolute atomic E-state index is 0.800. The number of nitrogens with two attached hydrogens (primary N) is 1. The van der Waals surface area contributed by atoms with Gasteiger partial charge in [-0.25, -0.2) is 0 Å². The minimum atomic E-state index is 0.800. The van der Waals surface area contributed by atoms with Crippen LogP contribution in [0.1, 0.15) is 11.3 Å². The molecule has 0 atom stereocenters. The van der Waals surface area contributed by atoms with E-state index in [9.17, 15) is 0 Å². The predicted octanol–water partition coefficient (Wildman–Crippen LogP) is 4.03. The van der Waals surface area contributed by atoms with Gasteiger partial charge in [0.1, 0.15) is 0 Å². The van der Waals surface area contributed by atoms with Gasteiger partial charge in [0, 0.05) is 22.3 Å². The Bertz CT molecular complexity index is 706. The Kier molecular flexibility index (Phi) is 2.37. The Balaban J connectivity index is 2.18. The Labute approximate surface area is 106 Å². The number of benzene rings is 2. The molecule has 0 spiro atoms. The molecule has 0 fully saturated rings. The molecule has 3 N–H and O–H groups in total. The van der Waals surface area contributed by atoms with Crippen LogP contribution in [0.2, 0.25) is 0 Å². The number of aromatic nitrogens is 1. The summed E-state index contributed by atoms with van der Waals surface area (Å²) in [5.41, 5.74) is 12.7. The fourth-order valence-electron chi connectivity index (χ4n) is 2.32.